The third-order valence-electron chi connectivity index (χ3n) is 2.82. The summed E-state index contributed by atoms with van der Waals surface area (Å²) in [5.74, 6) is 0.753. The van der Waals surface area contributed by atoms with Gasteiger partial charge in [0, 0.05) is 32.9 Å². The van der Waals surface area contributed by atoms with Gasteiger partial charge in [0.25, 0.3) is 0 Å². The second kappa shape index (κ2) is 6.14. The smallest absolute Gasteiger partial charge is 0.0897 e. The van der Waals surface area contributed by atoms with Gasteiger partial charge in [0.1, 0.15) is 0 Å². The third-order valence-corrected chi connectivity index (χ3v) is 2.82. The summed E-state index contributed by atoms with van der Waals surface area (Å²) in [4.78, 5) is 0. The fraction of sp³-hybridized carbons (Fsp3) is 0.750. The summed E-state index contributed by atoms with van der Waals surface area (Å²) >= 11 is 0. The molecule has 1 fully saturated rings. The number of aliphatic hydroxyl groups is 1. The molecule has 1 aliphatic carbocycles. The maximum Gasteiger partial charge on any atom is 0.0897 e. The highest BCUT2D eigenvalue weighted by Gasteiger charge is 2.21. The highest BCUT2D eigenvalue weighted by atomic mass is 16.5. The van der Waals surface area contributed by atoms with E-state index in [-0.39, 0.29) is 0 Å². The second-order valence-corrected chi connectivity index (χ2v) is 4.75. The molecule has 5 heteroatoms. The first-order valence-corrected chi connectivity index (χ1v) is 6.19. The monoisotopic (exact) mass is 239 g/mol. The van der Waals surface area contributed by atoms with Gasteiger partial charge in [-0.25, -0.2) is 0 Å². The maximum absolute atomic E-state index is 9.65. The van der Waals surface area contributed by atoms with Crippen molar-refractivity contribution in [3.05, 3.63) is 18.0 Å². The lowest BCUT2D eigenvalue weighted by molar-refractivity contribution is 0.0324. The van der Waals surface area contributed by atoms with Crippen molar-refractivity contribution in [1.29, 1.82) is 0 Å². The summed E-state index contributed by atoms with van der Waals surface area (Å²) in [6.45, 7) is 2.45. The van der Waals surface area contributed by atoms with Crippen LogP contribution in [0.4, 0.5) is 0 Å². The van der Waals surface area contributed by atoms with Gasteiger partial charge in [-0.3, -0.25) is 4.68 Å². The Labute approximate surface area is 102 Å². The molecule has 17 heavy (non-hydrogen) atoms. The second-order valence-electron chi connectivity index (χ2n) is 4.75. The average molecular weight is 239 g/mol. The molecule has 1 atom stereocenters. The van der Waals surface area contributed by atoms with Crippen molar-refractivity contribution in [3.63, 3.8) is 0 Å². The largest absolute Gasteiger partial charge is 0.389 e. The van der Waals surface area contributed by atoms with Gasteiger partial charge in [-0.15, -0.1) is 0 Å². The summed E-state index contributed by atoms with van der Waals surface area (Å²) in [5, 5.41) is 17.1. The number of hydrogen-bond acceptors (Lipinski definition) is 4. The van der Waals surface area contributed by atoms with E-state index in [2.05, 4.69) is 10.4 Å². The van der Waals surface area contributed by atoms with Gasteiger partial charge in [-0.05, 0) is 24.8 Å². The first-order valence-electron chi connectivity index (χ1n) is 6.19. The van der Waals surface area contributed by atoms with Crippen LogP contribution in [0.1, 0.15) is 18.5 Å². The van der Waals surface area contributed by atoms with Gasteiger partial charge in [0.05, 0.1) is 18.4 Å². The normalized spacial score (nSPS) is 17.3. The standard InChI is InChI=1S/C12H21N3O2/c1-15-5-4-11(14-15)6-13-7-12(16)9-17-8-10-2-3-10/h4-5,10,12-13,16H,2-3,6-9H2,1H3. The van der Waals surface area contributed by atoms with Gasteiger partial charge in [-0.2, -0.15) is 5.10 Å². The first kappa shape index (κ1) is 12.5. The molecule has 0 aromatic carbocycles. The summed E-state index contributed by atoms with van der Waals surface area (Å²) in [7, 11) is 1.89. The number of nitrogens with one attached hydrogen (secondary N) is 1. The van der Waals surface area contributed by atoms with Crippen LogP contribution in [0.3, 0.4) is 0 Å². The lowest BCUT2D eigenvalue weighted by atomic mass is 10.3. The van der Waals surface area contributed by atoms with Crippen molar-refractivity contribution >= 4 is 0 Å². The lowest BCUT2D eigenvalue weighted by Gasteiger charge is -2.11. The molecule has 0 amide bonds. The number of hydrogen-bond donors (Lipinski definition) is 2. The molecule has 1 aromatic heterocycles. The first-order chi connectivity index (χ1) is 8.24. The van der Waals surface area contributed by atoms with Crippen LogP contribution in [0, 0.1) is 5.92 Å². The molecule has 0 bridgehead atoms. The molecule has 2 N–H and O–H groups in total. The van der Waals surface area contributed by atoms with E-state index in [1.165, 1.54) is 12.8 Å². The van der Waals surface area contributed by atoms with E-state index in [1.807, 2.05) is 19.3 Å². The lowest BCUT2D eigenvalue weighted by Crippen LogP contribution is -2.30. The molecule has 0 spiro atoms. The molecule has 1 aliphatic rings. The van der Waals surface area contributed by atoms with Gasteiger partial charge in [0.15, 0.2) is 0 Å². The van der Waals surface area contributed by atoms with E-state index in [1.54, 1.807) is 4.68 Å². The molecule has 1 saturated carbocycles. The number of aryl methyl sites for hydroxylation is 1. The Bertz CT molecular complexity index is 336. The van der Waals surface area contributed by atoms with Gasteiger partial charge in [0.2, 0.25) is 0 Å². The number of aromatic nitrogens is 2. The molecule has 0 saturated heterocycles. The van der Waals surface area contributed by atoms with Crippen LogP contribution in [0.25, 0.3) is 0 Å². The van der Waals surface area contributed by atoms with Gasteiger partial charge >= 0.3 is 0 Å². The Kier molecular flexibility index (Phi) is 4.53. The minimum Gasteiger partial charge on any atom is -0.389 e. The van der Waals surface area contributed by atoms with E-state index < -0.39 is 6.10 Å². The quantitative estimate of drug-likeness (QED) is 0.685. The maximum atomic E-state index is 9.65. The van der Waals surface area contributed by atoms with Crippen LogP contribution < -0.4 is 5.32 Å². The molecule has 1 aromatic rings. The summed E-state index contributed by atoms with van der Waals surface area (Å²) in [6, 6.07) is 1.96. The molecule has 1 heterocycles. The van der Waals surface area contributed by atoms with Crippen molar-refractivity contribution in [3.8, 4) is 0 Å². The minimum absolute atomic E-state index is 0.422. The predicted molar refractivity (Wildman–Crippen MR) is 64.5 cm³/mol. The minimum atomic E-state index is -0.433. The molecule has 2 rings (SSSR count). The Morgan fingerprint density at radius 1 is 1.65 bits per heavy atom. The molecular formula is C12H21N3O2. The number of aliphatic hydroxyl groups excluding tert-OH is 1. The van der Waals surface area contributed by atoms with E-state index in [9.17, 15) is 5.11 Å². The van der Waals surface area contributed by atoms with Crippen molar-refractivity contribution in [1.82, 2.24) is 15.1 Å². The fourth-order valence-corrected chi connectivity index (χ4v) is 1.64. The molecule has 5 nitrogen and oxygen atoms in total. The Balaban J connectivity index is 1.51. The van der Waals surface area contributed by atoms with Crippen molar-refractivity contribution in [2.45, 2.75) is 25.5 Å². The van der Waals surface area contributed by atoms with Crippen LogP contribution in [0.15, 0.2) is 12.3 Å². The zero-order valence-corrected chi connectivity index (χ0v) is 10.3. The van der Waals surface area contributed by atoms with Crippen LogP contribution in [-0.4, -0.2) is 40.7 Å². The zero-order chi connectivity index (χ0) is 12.1. The van der Waals surface area contributed by atoms with Crippen molar-refractivity contribution < 1.29 is 9.84 Å². The average Bonchev–Trinajstić information content (AvgIpc) is 3.02. The van der Waals surface area contributed by atoms with Crippen molar-refractivity contribution in [2.75, 3.05) is 19.8 Å². The SMILES string of the molecule is Cn1ccc(CNCC(O)COCC2CC2)n1. The van der Waals surface area contributed by atoms with Gasteiger partial charge in [-0.1, -0.05) is 0 Å². The molecule has 0 radical (unpaired) electrons. The van der Waals surface area contributed by atoms with Crippen LogP contribution >= 0.6 is 0 Å². The molecule has 0 aliphatic heterocycles. The summed E-state index contributed by atoms with van der Waals surface area (Å²) in [6.07, 6.45) is 4.05. The van der Waals surface area contributed by atoms with Crippen molar-refractivity contribution in [2.24, 2.45) is 13.0 Å². The highest BCUT2D eigenvalue weighted by Crippen LogP contribution is 2.28. The topological polar surface area (TPSA) is 59.3 Å². The van der Waals surface area contributed by atoms with E-state index >= 15 is 0 Å². The van der Waals surface area contributed by atoms with Crippen LogP contribution in [-0.2, 0) is 18.3 Å². The Morgan fingerprint density at radius 3 is 3.12 bits per heavy atom. The molecular weight excluding hydrogens is 218 g/mol. The Morgan fingerprint density at radius 2 is 2.47 bits per heavy atom. The van der Waals surface area contributed by atoms with Crippen LogP contribution in [0.2, 0.25) is 0 Å². The highest BCUT2D eigenvalue weighted by molar-refractivity contribution is 4.97. The fourth-order valence-electron chi connectivity index (χ4n) is 1.64. The Hall–Kier alpha value is -0.910. The summed E-state index contributed by atoms with van der Waals surface area (Å²) < 4.78 is 7.19. The van der Waals surface area contributed by atoms with Crippen LogP contribution in [0.5, 0.6) is 0 Å². The molecule has 1 unspecified atom stereocenters. The van der Waals surface area contributed by atoms with E-state index in [0.717, 1.165) is 18.2 Å². The molecule has 96 valence electrons. The number of rotatable bonds is 8. The van der Waals surface area contributed by atoms with Gasteiger partial charge < -0.3 is 15.2 Å². The number of ether oxygens (including phenoxy) is 1. The summed E-state index contributed by atoms with van der Waals surface area (Å²) in [5.41, 5.74) is 0.985. The third kappa shape index (κ3) is 4.85. The van der Waals surface area contributed by atoms with E-state index in [4.69, 9.17) is 4.74 Å². The zero-order valence-electron chi connectivity index (χ0n) is 10.3. The number of nitrogens with zero attached hydrogens (tertiary/aromatic N) is 2. The van der Waals surface area contributed by atoms with E-state index in [0.29, 0.717) is 19.7 Å². The predicted octanol–water partition coefficient (Wildman–Crippen LogP) is 0.297.